The van der Waals surface area contributed by atoms with Crippen molar-refractivity contribution in [3.63, 3.8) is 0 Å². The molecule has 1 unspecified atom stereocenters. The van der Waals surface area contributed by atoms with Gasteiger partial charge in [-0.3, -0.25) is 19.5 Å². The topological polar surface area (TPSA) is 79.7 Å². The van der Waals surface area contributed by atoms with Gasteiger partial charge in [0.1, 0.15) is 11.5 Å². The quantitative estimate of drug-likeness (QED) is 0.268. The number of hydrogen-bond acceptors (Lipinski definition) is 5. The Kier molecular flexibility index (Phi) is 6.32. The standard InChI is InChI=1S/C27H25BrN2O4/c1-27(2,3)20-15-17(5-10-21(20)34-4)24(31)22-23(16-11-13-29-14-12-16)30(26(33)25(22)32)19-8-6-18(28)7-9-19/h5-15,23,31H,1-4H3/b24-22-. The number of aromatic nitrogens is 1. The maximum absolute atomic E-state index is 13.3. The number of ether oxygens (including phenoxy) is 1. The number of halogens is 1. The van der Waals surface area contributed by atoms with Crippen LogP contribution in [0.2, 0.25) is 0 Å². The van der Waals surface area contributed by atoms with Gasteiger partial charge in [0.2, 0.25) is 0 Å². The average molecular weight is 521 g/mol. The van der Waals surface area contributed by atoms with Gasteiger partial charge < -0.3 is 9.84 Å². The number of ketones is 1. The van der Waals surface area contributed by atoms with E-state index < -0.39 is 17.7 Å². The highest BCUT2D eigenvalue weighted by Crippen LogP contribution is 2.43. The average Bonchev–Trinajstić information content (AvgIpc) is 3.09. The van der Waals surface area contributed by atoms with Crippen molar-refractivity contribution in [3.8, 4) is 5.75 Å². The van der Waals surface area contributed by atoms with Gasteiger partial charge in [0.05, 0.1) is 18.7 Å². The van der Waals surface area contributed by atoms with Crippen molar-refractivity contribution in [3.05, 3.63) is 93.7 Å². The number of Topliss-reactive ketones (excluding diaryl/α,β-unsaturated/α-hetero) is 1. The lowest BCUT2D eigenvalue weighted by Gasteiger charge is -2.26. The van der Waals surface area contributed by atoms with E-state index in [0.717, 1.165) is 10.0 Å². The van der Waals surface area contributed by atoms with Crippen molar-refractivity contribution >= 4 is 39.1 Å². The van der Waals surface area contributed by atoms with E-state index in [1.165, 1.54) is 4.90 Å². The van der Waals surface area contributed by atoms with Gasteiger partial charge in [-0.25, -0.2) is 0 Å². The van der Waals surface area contributed by atoms with Gasteiger partial charge in [-0.1, -0.05) is 36.7 Å². The van der Waals surface area contributed by atoms with Crippen LogP contribution in [0.25, 0.3) is 5.76 Å². The highest BCUT2D eigenvalue weighted by molar-refractivity contribution is 9.10. The SMILES string of the molecule is COc1ccc(/C(O)=C2/C(=O)C(=O)N(c3ccc(Br)cc3)C2c2ccncc2)cc1C(C)(C)C. The molecule has 0 radical (unpaired) electrons. The smallest absolute Gasteiger partial charge is 0.300 e. The summed E-state index contributed by atoms with van der Waals surface area (Å²) in [7, 11) is 1.59. The molecule has 4 rings (SSSR count). The normalized spacial score (nSPS) is 17.8. The number of hydrogen-bond donors (Lipinski definition) is 1. The number of benzene rings is 2. The molecule has 0 spiro atoms. The van der Waals surface area contributed by atoms with Crippen molar-refractivity contribution in [2.45, 2.75) is 32.2 Å². The molecule has 174 valence electrons. The summed E-state index contributed by atoms with van der Waals surface area (Å²) < 4.78 is 6.36. The van der Waals surface area contributed by atoms with E-state index >= 15 is 0 Å². The first-order chi connectivity index (χ1) is 16.1. The fourth-order valence-corrected chi connectivity index (χ4v) is 4.42. The molecule has 7 heteroatoms. The van der Waals surface area contributed by atoms with E-state index in [1.54, 1.807) is 68.0 Å². The summed E-state index contributed by atoms with van der Waals surface area (Å²) in [5.41, 5.74) is 2.30. The molecule has 2 aromatic carbocycles. The summed E-state index contributed by atoms with van der Waals surface area (Å²) in [6, 6.07) is 15.1. The first-order valence-corrected chi connectivity index (χ1v) is 11.6. The fraction of sp³-hybridized carbons (Fsp3) is 0.222. The number of carbonyl (C=O) groups is 2. The lowest BCUT2D eigenvalue weighted by molar-refractivity contribution is -0.132. The molecular formula is C27H25BrN2O4. The first-order valence-electron chi connectivity index (χ1n) is 10.8. The Balaban J connectivity index is 1.94. The molecule has 6 nitrogen and oxygen atoms in total. The Labute approximate surface area is 207 Å². The molecule has 34 heavy (non-hydrogen) atoms. The van der Waals surface area contributed by atoms with E-state index in [1.807, 2.05) is 26.8 Å². The second-order valence-electron chi connectivity index (χ2n) is 9.09. The van der Waals surface area contributed by atoms with Crippen LogP contribution in [0.3, 0.4) is 0 Å². The molecule has 0 bridgehead atoms. The van der Waals surface area contributed by atoms with Crippen LogP contribution in [-0.2, 0) is 15.0 Å². The summed E-state index contributed by atoms with van der Waals surface area (Å²) in [5, 5.41) is 11.4. The van der Waals surface area contributed by atoms with Crippen molar-refractivity contribution < 1.29 is 19.4 Å². The molecule has 1 aromatic heterocycles. The molecular weight excluding hydrogens is 496 g/mol. The molecule has 0 aliphatic carbocycles. The molecule has 3 aromatic rings. The second kappa shape index (κ2) is 9.06. The maximum atomic E-state index is 13.3. The summed E-state index contributed by atoms with van der Waals surface area (Å²) in [5.74, 6) is -0.983. The van der Waals surface area contributed by atoms with Gasteiger partial charge in [0.15, 0.2) is 0 Å². The number of rotatable bonds is 4. The van der Waals surface area contributed by atoms with Gasteiger partial charge in [0.25, 0.3) is 11.7 Å². The van der Waals surface area contributed by atoms with E-state index in [4.69, 9.17) is 4.74 Å². The van der Waals surface area contributed by atoms with E-state index in [-0.39, 0.29) is 16.7 Å². The zero-order valence-corrected chi connectivity index (χ0v) is 21.0. The number of aliphatic hydroxyl groups excluding tert-OH is 1. The van der Waals surface area contributed by atoms with E-state index in [9.17, 15) is 14.7 Å². The summed E-state index contributed by atoms with van der Waals surface area (Å²) in [6.45, 7) is 6.12. The number of anilines is 1. The Hall–Kier alpha value is -3.45. The van der Waals surface area contributed by atoms with Gasteiger partial charge in [0, 0.05) is 33.7 Å². The zero-order chi connectivity index (χ0) is 24.6. The summed E-state index contributed by atoms with van der Waals surface area (Å²) in [6.07, 6.45) is 3.20. The highest BCUT2D eigenvalue weighted by Gasteiger charge is 2.47. The van der Waals surface area contributed by atoms with E-state index in [2.05, 4.69) is 20.9 Å². The predicted molar refractivity (Wildman–Crippen MR) is 135 cm³/mol. The lowest BCUT2D eigenvalue weighted by Crippen LogP contribution is -2.29. The fourth-order valence-electron chi connectivity index (χ4n) is 4.16. The number of nitrogens with zero attached hydrogens (tertiary/aromatic N) is 2. The largest absolute Gasteiger partial charge is 0.507 e. The number of carbonyl (C=O) groups excluding carboxylic acids is 2. The lowest BCUT2D eigenvalue weighted by atomic mass is 9.84. The van der Waals surface area contributed by atoms with Crippen molar-refractivity contribution in [2.75, 3.05) is 12.0 Å². The molecule has 1 amide bonds. The van der Waals surface area contributed by atoms with Crippen molar-refractivity contribution in [1.82, 2.24) is 4.98 Å². The minimum Gasteiger partial charge on any atom is -0.507 e. The molecule has 1 saturated heterocycles. The molecule has 1 fully saturated rings. The summed E-state index contributed by atoms with van der Waals surface area (Å²) in [4.78, 5) is 32.0. The minimum absolute atomic E-state index is 0.0316. The predicted octanol–water partition coefficient (Wildman–Crippen LogP) is 5.78. The number of aliphatic hydroxyl groups is 1. The van der Waals surface area contributed by atoms with Crippen LogP contribution in [0.15, 0.2) is 77.0 Å². The van der Waals surface area contributed by atoms with Gasteiger partial charge in [-0.2, -0.15) is 0 Å². The van der Waals surface area contributed by atoms with Crippen LogP contribution in [0.1, 0.15) is 43.5 Å². The third-order valence-electron chi connectivity index (χ3n) is 5.85. The van der Waals surface area contributed by atoms with Crippen LogP contribution in [0.4, 0.5) is 5.69 Å². The molecule has 1 aliphatic heterocycles. The maximum Gasteiger partial charge on any atom is 0.300 e. The van der Waals surface area contributed by atoms with Crippen LogP contribution in [-0.4, -0.2) is 28.9 Å². The number of amides is 1. The molecule has 2 heterocycles. The van der Waals surface area contributed by atoms with Crippen LogP contribution in [0.5, 0.6) is 5.75 Å². The molecule has 0 saturated carbocycles. The molecule has 1 atom stereocenters. The van der Waals surface area contributed by atoms with Crippen molar-refractivity contribution in [1.29, 1.82) is 0 Å². The van der Waals surface area contributed by atoms with Gasteiger partial charge >= 0.3 is 0 Å². The molecule has 1 N–H and O–H groups in total. The third-order valence-corrected chi connectivity index (χ3v) is 6.38. The Morgan fingerprint density at radius 1 is 1.03 bits per heavy atom. The summed E-state index contributed by atoms with van der Waals surface area (Å²) >= 11 is 3.40. The Bertz CT molecular complexity index is 1280. The number of methoxy groups -OCH3 is 1. The van der Waals surface area contributed by atoms with Gasteiger partial charge in [-0.15, -0.1) is 0 Å². The second-order valence-corrected chi connectivity index (χ2v) is 10.0. The van der Waals surface area contributed by atoms with Crippen molar-refractivity contribution in [2.24, 2.45) is 0 Å². The van der Waals surface area contributed by atoms with Crippen LogP contribution in [0, 0.1) is 0 Å². The zero-order valence-electron chi connectivity index (χ0n) is 19.4. The monoisotopic (exact) mass is 520 g/mol. The Morgan fingerprint density at radius 2 is 1.68 bits per heavy atom. The third kappa shape index (κ3) is 4.23. The van der Waals surface area contributed by atoms with Crippen LogP contribution >= 0.6 is 15.9 Å². The highest BCUT2D eigenvalue weighted by atomic mass is 79.9. The van der Waals surface area contributed by atoms with Gasteiger partial charge in [-0.05, 0) is 65.6 Å². The number of pyridine rings is 1. The molecule has 1 aliphatic rings. The Morgan fingerprint density at radius 3 is 2.26 bits per heavy atom. The minimum atomic E-state index is -0.802. The first kappa shape index (κ1) is 23.7. The van der Waals surface area contributed by atoms with Crippen LogP contribution < -0.4 is 9.64 Å². The van der Waals surface area contributed by atoms with E-state index in [0.29, 0.717) is 22.6 Å².